The fourth-order valence-electron chi connectivity index (χ4n) is 3.98. The number of carbonyl (C=O) groups excluding carboxylic acids is 2. The van der Waals surface area contributed by atoms with Crippen molar-refractivity contribution in [3.05, 3.63) is 71.6 Å². The third-order valence-electron chi connectivity index (χ3n) is 5.54. The summed E-state index contributed by atoms with van der Waals surface area (Å²) in [6.45, 7) is 1.51. The Hall–Kier alpha value is -3.86. The number of nitrogens with zero attached hydrogens (tertiary/aromatic N) is 5. The summed E-state index contributed by atoms with van der Waals surface area (Å²) in [6.07, 6.45) is 12.3. The summed E-state index contributed by atoms with van der Waals surface area (Å²) in [5.74, 6) is 3.07. The van der Waals surface area contributed by atoms with Crippen LogP contribution in [-0.4, -0.2) is 42.6 Å². The zero-order valence-corrected chi connectivity index (χ0v) is 18.1. The summed E-state index contributed by atoms with van der Waals surface area (Å²) < 4.78 is 3.67. The molecule has 1 N–H and O–H groups in total. The minimum atomic E-state index is -0.344. The molecule has 8 heteroatoms. The second kappa shape index (κ2) is 9.52. The van der Waals surface area contributed by atoms with E-state index in [0.29, 0.717) is 50.4 Å². The molecular weight excluding hydrogens is 404 g/mol. The van der Waals surface area contributed by atoms with Crippen molar-refractivity contribution >= 4 is 11.8 Å². The predicted molar refractivity (Wildman–Crippen MR) is 119 cm³/mol. The zero-order chi connectivity index (χ0) is 22.5. The number of fused-ring (bicyclic) bond motifs is 1. The summed E-state index contributed by atoms with van der Waals surface area (Å²) in [6, 6.07) is 9.45. The average molecular weight is 431 g/mol. The van der Waals surface area contributed by atoms with Crippen LogP contribution in [0.1, 0.15) is 52.7 Å². The van der Waals surface area contributed by atoms with Crippen LogP contribution < -0.4 is 5.32 Å². The number of hydrogen-bond acceptors (Lipinski definition) is 4. The minimum Gasteiger partial charge on any atom is -0.346 e. The molecule has 1 aliphatic rings. The minimum absolute atomic E-state index is 0.0472. The van der Waals surface area contributed by atoms with Gasteiger partial charge in [-0.05, 0) is 12.0 Å². The third kappa shape index (κ3) is 4.57. The molecule has 1 atom stereocenters. The second-order valence-electron chi connectivity index (χ2n) is 7.84. The monoisotopic (exact) mass is 430 g/mol. The fraction of sp³-hybridized carbons (Fsp3) is 0.333. The van der Waals surface area contributed by atoms with Crippen molar-refractivity contribution in [2.24, 2.45) is 7.05 Å². The van der Waals surface area contributed by atoms with Crippen molar-refractivity contribution < 1.29 is 9.59 Å². The quantitative estimate of drug-likeness (QED) is 0.460. The van der Waals surface area contributed by atoms with Gasteiger partial charge in [-0.25, -0.2) is 4.98 Å². The molecule has 2 aromatic heterocycles. The fourth-order valence-corrected chi connectivity index (χ4v) is 3.98. The summed E-state index contributed by atoms with van der Waals surface area (Å²) in [5.41, 5.74) is 2.22. The number of unbranched alkanes of at least 4 members (excludes halogenated alkanes) is 1. The molecule has 3 heterocycles. The number of carbonyl (C=O) groups is 2. The standard InChI is InChI=1S/C24H26N6O2/c1-3-4-6-11-21(31)30-13-12-29-17-20(24(32)25-14-18-15-26-28(2)16-18)27-23(29)22(30)19-9-7-5-8-10-19/h1,5,7-10,15-17,22H,4,6,11-14H2,2H3,(H,25,32). The van der Waals surface area contributed by atoms with Crippen LogP contribution in [0, 0.1) is 12.3 Å². The SMILES string of the molecule is C#CCCCC(=O)N1CCn2cc(C(=O)NCc3cnn(C)c3)nc2C1c1ccccc1. The first kappa shape index (κ1) is 21.4. The van der Waals surface area contributed by atoms with E-state index in [0.717, 1.165) is 11.1 Å². The molecule has 0 aliphatic carbocycles. The first-order chi connectivity index (χ1) is 15.6. The lowest BCUT2D eigenvalue weighted by molar-refractivity contribution is -0.134. The molecule has 1 aliphatic heterocycles. The molecule has 3 aromatic rings. The van der Waals surface area contributed by atoms with Gasteiger partial charge in [-0.3, -0.25) is 14.3 Å². The summed E-state index contributed by atoms with van der Waals surface area (Å²) in [7, 11) is 1.83. The summed E-state index contributed by atoms with van der Waals surface area (Å²) >= 11 is 0. The second-order valence-corrected chi connectivity index (χ2v) is 7.84. The summed E-state index contributed by atoms with van der Waals surface area (Å²) in [5, 5.41) is 7.01. The van der Waals surface area contributed by atoms with Crippen LogP contribution in [0.3, 0.4) is 0 Å². The van der Waals surface area contributed by atoms with Gasteiger partial charge in [0.25, 0.3) is 5.91 Å². The number of imidazole rings is 1. The Morgan fingerprint density at radius 2 is 2.03 bits per heavy atom. The molecule has 0 spiro atoms. The highest BCUT2D eigenvalue weighted by atomic mass is 16.2. The Morgan fingerprint density at radius 3 is 2.75 bits per heavy atom. The van der Waals surface area contributed by atoms with Gasteiger partial charge in [0.1, 0.15) is 17.6 Å². The van der Waals surface area contributed by atoms with Gasteiger partial charge in [-0.2, -0.15) is 5.10 Å². The Bertz CT molecular complexity index is 1140. The predicted octanol–water partition coefficient (Wildman–Crippen LogP) is 2.28. The van der Waals surface area contributed by atoms with Crippen molar-refractivity contribution in [2.45, 2.75) is 38.4 Å². The summed E-state index contributed by atoms with van der Waals surface area (Å²) in [4.78, 5) is 32.3. The van der Waals surface area contributed by atoms with Crippen molar-refractivity contribution in [1.82, 2.24) is 29.5 Å². The molecular formula is C24H26N6O2. The van der Waals surface area contributed by atoms with Crippen molar-refractivity contribution in [1.29, 1.82) is 0 Å². The van der Waals surface area contributed by atoms with Gasteiger partial charge in [0.05, 0.1) is 6.20 Å². The Morgan fingerprint density at radius 1 is 1.22 bits per heavy atom. The Kier molecular flexibility index (Phi) is 6.36. The lowest BCUT2D eigenvalue weighted by Crippen LogP contribution is -2.42. The van der Waals surface area contributed by atoms with E-state index >= 15 is 0 Å². The maximum atomic E-state index is 13.0. The molecule has 0 bridgehead atoms. The lowest BCUT2D eigenvalue weighted by Gasteiger charge is -2.36. The molecule has 4 rings (SSSR count). The largest absolute Gasteiger partial charge is 0.346 e. The molecule has 1 aromatic carbocycles. The number of aromatic nitrogens is 4. The number of terminal acetylenes is 1. The van der Waals surface area contributed by atoms with Gasteiger partial charge in [-0.15, -0.1) is 12.3 Å². The first-order valence-corrected chi connectivity index (χ1v) is 10.7. The highest BCUT2D eigenvalue weighted by Crippen LogP contribution is 2.32. The smallest absolute Gasteiger partial charge is 0.271 e. The zero-order valence-electron chi connectivity index (χ0n) is 18.1. The van der Waals surface area contributed by atoms with Crippen molar-refractivity contribution in [3.8, 4) is 12.3 Å². The number of aryl methyl sites for hydroxylation is 1. The van der Waals surface area contributed by atoms with Crippen LogP contribution in [0.25, 0.3) is 0 Å². The van der Waals surface area contributed by atoms with Gasteiger partial charge >= 0.3 is 0 Å². The normalized spacial score (nSPS) is 15.1. The van der Waals surface area contributed by atoms with Crippen LogP contribution in [0.15, 0.2) is 48.9 Å². The van der Waals surface area contributed by atoms with E-state index in [9.17, 15) is 9.59 Å². The molecule has 0 radical (unpaired) electrons. The van der Waals surface area contributed by atoms with Crippen molar-refractivity contribution in [2.75, 3.05) is 6.54 Å². The van der Waals surface area contributed by atoms with Gasteiger partial charge in [-0.1, -0.05) is 30.3 Å². The maximum absolute atomic E-state index is 13.0. The van der Waals surface area contributed by atoms with Crippen LogP contribution in [0.4, 0.5) is 0 Å². The molecule has 1 unspecified atom stereocenters. The molecule has 0 fully saturated rings. The van der Waals surface area contributed by atoms with Crippen LogP contribution in [0.5, 0.6) is 0 Å². The van der Waals surface area contributed by atoms with Gasteiger partial charge in [0, 0.05) is 57.5 Å². The third-order valence-corrected chi connectivity index (χ3v) is 5.54. The Balaban J connectivity index is 1.57. The number of rotatable bonds is 7. The van der Waals surface area contributed by atoms with Crippen LogP contribution >= 0.6 is 0 Å². The average Bonchev–Trinajstić information content (AvgIpc) is 3.43. The van der Waals surface area contributed by atoms with Crippen molar-refractivity contribution in [3.63, 3.8) is 0 Å². The molecule has 32 heavy (non-hydrogen) atoms. The molecule has 8 nitrogen and oxygen atoms in total. The van der Waals surface area contributed by atoms with Gasteiger partial charge < -0.3 is 14.8 Å². The first-order valence-electron chi connectivity index (χ1n) is 10.7. The van der Waals surface area contributed by atoms with E-state index in [2.05, 4.69) is 21.3 Å². The number of nitrogens with one attached hydrogen (secondary N) is 1. The molecule has 164 valence electrons. The van der Waals surface area contributed by atoms with Crippen LogP contribution in [0.2, 0.25) is 0 Å². The number of hydrogen-bond donors (Lipinski definition) is 1. The maximum Gasteiger partial charge on any atom is 0.271 e. The van der Waals surface area contributed by atoms with Gasteiger partial charge in [0.2, 0.25) is 5.91 Å². The lowest BCUT2D eigenvalue weighted by atomic mass is 10.0. The van der Waals surface area contributed by atoms with E-state index < -0.39 is 0 Å². The molecule has 2 amide bonds. The van der Waals surface area contributed by atoms with E-state index in [-0.39, 0.29) is 17.9 Å². The van der Waals surface area contributed by atoms with Crippen LogP contribution in [-0.2, 0) is 24.9 Å². The molecule has 0 saturated carbocycles. The van der Waals surface area contributed by atoms with E-state index in [1.165, 1.54) is 0 Å². The number of amides is 2. The highest BCUT2D eigenvalue weighted by Gasteiger charge is 2.34. The Labute approximate surface area is 187 Å². The van der Waals surface area contributed by atoms with E-state index in [1.807, 2.05) is 53.0 Å². The highest BCUT2D eigenvalue weighted by molar-refractivity contribution is 5.92. The number of benzene rings is 1. The van der Waals surface area contributed by atoms with E-state index in [4.69, 9.17) is 6.42 Å². The molecule has 0 saturated heterocycles. The topological polar surface area (TPSA) is 85.0 Å². The van der Waals surface area contributed by atoms with Gasteiger partial charge in [0.15, 0.2) is 0 Å². The van der Waals surface area contributed by atoms with E-state index in [1.54, 1.807) is 17.1 Å².